The fourth-order valence-electron chi connectivity index (χ4n) is 1.28. The van der Waals surface area contributed by atoms with E-state index in [0.29, 0.717) is 5.69 Å². The van der Waals surface area contributed by atoms with E-state index >= 15 is 0 Å². The molecule has 1 N–H and O–H groups in total. The van der Waals surface area contributed by atoms with Crippen LogP contribution in [-0.4, -0.2) is 27.0 Å². The molecule has 0 aliphatic heterocycles. The topological polar surface area (TPSA) is 55.1 Å². The molecule has 0 aromatic carbocycles. The van der Waals surface area contributed by atoms with Gasteiger partial charge in [-0.05, 0) is 13.3 Å². The molecule has 1 heterocycles. The van der Waals surface area contributed by atoms with Crippen molar-refractivity contribution in [3.63, 3.8) is 0 Å². The lowest BCUT2D eigenvalue weighted by Gasteiger charge is -2.05. The quantitative estimate of drug-likeness (QED) is 0.872. The van der Waals surface area contributed by atoms with Crippen LogP contribution < -0.4 is 0 Å². The molecule has 0 saturated heterocycles. The molecule has 0 radical (unpaired) electrons. The summed E-state index contributed by atoms with van der Waals surface area (Å²) in [6, 6.07) is 0. The predicted octanol–water partition coefficient (Wildman–Crippen LogP) is 2.23. The van der Waals surface area contributed by atoms with Crippen LogP contribution in [0.15, 0.2) is 6.20 Å². The van der Waals surface area contributed by atoms with Gasteiger partial charge in [0.15, 0.2) is 0 Å². The van der Waals surface area contributed by atoms with Crippen molar-refractivity contribution in [2.75, 3.05) is 0 Å². The fourth-order valence-corrected chi connectivity index (χ4v) is 1.28. The minimum atomic E-state index is -4.18. The van der Waals surface area contributed by atoms with E-state index in [1.807, 2.05) is 0 Å². The van der Waals surface area contributed by atoms with Gasteiger partial charge in [-0.2, -0.15) is 18.3 Å². The Kier molecular flexibility index (Phi) is 3.56. The number of rotatable bonds is 4. The molecule has 1 aromatic heterocycles. The zero-order valence-electron chi connectivity index (χ0n) is 8.58. The molecule has 0 amide bonds. The van der Waals surface area contributed by atoms with E-state index in [2.05, 4.69) is 5.10 Å². The molecule has 90 valence electrons. The maximum Gasteiger partial charge on any atom is 0.389 e. The van der Waals surface area contributed by atoms with E-state index in [-0.39, 0.29) is 18.5 Å². The molecule has 16 heavy (non-hydrogen) atoms. The van der Waals surface area contributed by atoms with Gasteiger partial charge in [-0.25, -0.2) is 4.79 Å². The number of aromatic carboxylic acids is 1. The minimum Gasteiger partial charge on any atom is -0.478 e. The van der Waals surface area contributed by atoms with Crippen LogP contribution in [0.5, 0.6) is 0 Å². The molecular formula is C9H11F3N2O2. The summed E-state index contributed by atoms with van der Waals surface area (Å²) in [7, 11) is 0. The Morgan fingerprint density at radius 3 is 2.62 bits per heavy atom. The van der Waals surface area contributed by atoms with Crippen molar-refractivity contribution in [2.45, 2.75) is 32.5 Å². The van der Waals surface area contributed by atoms with Gasteiger partial charge in [0.2, 0.25) is 0 Å². The monoisotopic (exact) mass is 236 g/mol. The first-order valence-corrected chi connectivity index (χ1v) is 4.63. The first-order valence-electron chi connectivity index (χ1n) is 4.63. The summed E-state index contributed by atoms with van der Waals surface area (Å²) in [5.74, 6) is -1.13. The molecule has 4 nitrogen and oxygen atoms in total. The third kappa shape index (κ3) is 3.56. The van der Waals surface area contributed by atoms with E-state index in [4.69, 9.17) is 5.11 Å². The van der Waals surface area contributed by atoms with Gasteiger partial charge in [-0.15, -0.1) is 0 Å². The van der Waals surface area contributed by atoms with Crippen molar-refractivity contribution in [3.8, 4) is 0 Å². The fraction of sp³-hybridized carbons (Fsp3) is 0.556. The number of hydrogen-bond acceptors (Lipinski definition) is 2. The summed E-state index contributed by atoms with van der Waals surface area (Å²) in [4.78, 5) is 10.6. The minimum absolute atomic E-state index is 0.0204. The number of alkyl halides is 3. The lowest BCUT2D eigenvalue weighted by atomic mass is 10.3. The van der Waals surface area contributed by atoms with Gasteiger partial charge in [0, 0.05) is 19.2 Å². The van der Waals surface area contributed by atoms with E-state index in [0.717, 1.165) is 0 Å². The second-order valence-electron chi connectivity index (χ2n) is 3.42. The van der Waals surface area contributed by atoms with Crippen LogP contribution in [-0.2, 0) is 6.54 Å². The van der Waals surface area contributed by atoms with Crippen LogP contribution in [0.3, 0.4) is 0 Å². The second-order valence-corrected chi connectivity index (χ2v) is 3.42. The van der Waals surface area contributed by atoms with E-state index in [9.17, 15) is 18.0 Å². The maximum absolute atomic E-state index is 11.8. The van der Waals surface area contributed by atoms with Crippen LogP contribution in [0.1, 0.15) is 28.9 Å². The highest BCUT2D eigenvalue weighted by Crippen LogP contribution is 2.21. The van der Waals surface area contributed by atoms with Gasteiger partial charge in [-0.1, -0.05) is 0 Å². The number of carboxylic acids is 1. The molecule has 1 aromatic rings. The molecule has 1 rings (SSSR count). The Morgan fingerprint density at radius 1 is 1.56 bits per heavy atom. The molecular weight excluding hydrogens is 225 g/mol. The highest BCUT2D eigenvalue weighted by molar-refractivity contribution is 5.88. The summed E-state index contributed by atoms with van der Waals surface area (Å²) >= 11 is 0. The summed E-state index contributed by atoms with van der Waals surface area (Å²) in [6.07, 6.45) is -3.94. The number of carbonyl (C=O) groups is 1. The lowest BCUT2D eigenvalue weighted by Crippen LogP contribution is -2.09. The maximum atomic E-state index is 11.8. The third-order valence-electron chi connectivity index (χ3n) is 2.02. The van der Waals surface area contributed by atoms with Gasteiger partial charge in [-0.3, -0.25) is 4.68 Å². The number of hydrogen-bond donors (Lipinski definition) is 1. The highest BCUT2D eigenvalue weighted by Gasteiger charge is 2.26. The van der Waals surface area contributed by atoms with Crippen LogP contribution in [0.25, 0.3) is 0 Å². The van der Waals surface area contributed by atoms with E-state index < -0.39 is 18.6 Å². The van der Waals surface area contributed by atoms with Crippen molar-refractivity contribution >= 4 is 5.97 Å². The average molecular weight is 236 g/mol. The summed E-state index contributed by atoms with van der Waals surface area (Å²) in [6.45, 7) is 1.57. The van der Waals surface area contributed by atoms with Crippen LogP contribution in [0.4, 0.5) is 13.2 Å². The van der Waals surface area contributed by atoms with Crippen LogP contribution >= 0.6 is 0 Å². The van der Waals surface area contributed by atoms with Crippen molar-refractivity contribution in [3.05, 3.63) is 17.5 Å². The molecule has 0 aliphatic carbocycles. The smallest absolute Gasteiger partial charge is 0.389 e. The molecule has 0 spiro atoms. The number of aryl methyl sites for hydroxylation is 2. The Bertz CT molecular complexity index is 385. The number of carboxylic acid groups (broad SMARTS) is 1. The van der Waals surface area contributed by atoms with Crippen LogP contribution in [0, 0.1) is 6.92 Å². The van der Waals surface area contributed by atoms with Gasteiger partial charge in [0.05, 0.1) is 5.69 Å². The van der Waals surface area contributed by atoms with Crippen LogP contribution in [0.2, 0.25) is 0 Å². The van der Waals surface area contributed by atoms with Crippen molar-refractivity contribution < 1.29 is 23.1 Å². The Hall–Kier alpha value is -1.53. The van der Waals surface area contributed by atoms with Crippen molar-refractivity contribution in [2.24, 2.45) is 0 Å². The van der Waals surface area contributed by atoms with Gasteiger partial charge < -0.3 is 5.11 Å². The van der Waals surface area contributed by atoms with Crippen molar-refractivity contribution in [1.82, 2.24) is 9.78 Å². The molecule has 0 bridgehead atoms. The summed E-state index contributed by atoms with van der Waals surface area (Å²) in [5, 5.41) is 12.5. The van der Waals surface area contributed by atoms with E-state index in [1.54, 1.807) is 0 Å². The molecule has 7 heteroatoms. The zero-order chi connectivity index (χ0) is 12.3. The number of aromatic nitrogens is 2. The van der Waals surface area contributed by atoms with E-state index in [1.165, 1.54) is 17.8 Å². The molecule has 0 aliphatic rings. The normalized spacial score (nSPS) is 11.8. The number of nitrogens with zero attached hydrogens (tertiary/aromatic N) is 2. The predicted molar refractivity (Wildman–Crippen MR) is 49.2 cm³/mol. The Balaban J connectivity index is 2.56. The third-order valence-corrected chi connectivity index (χ3v) is 2.02. The van der Waals surface area contributed by atoms with Gasteiger partial charge in [0.25, 0.3) is 0 Å². The summed E-state index contributed by atoms with van der Waals surface area (Å²) < 4.78 is 36.8. The van der Waals surface area contributed by atoms with Gasteiger partial charge >= 0.3 is 12.1 Å². The second kappa shape index (κ2) is 4.54. The SMILES string of the molecule is Cc1nn(CCCC(F)(F)F)cc1C(=O)O. The Morgan fingerprint density at radius 2 is 2.19 bits per heavy atom. The molecule has 0 saturated carbocycles. The number of halogens is 3. The molecule has 0 fully saturated rings. The Labute approximate surface area is 89.7 Å². The van der Waals surface area contributed by atoms with Gasteiger partial charge in [0.1, 0.15) is 5.56 Å². The standard InChI is InChI=1S/C9H11F3N2O2/c1-6-7(8(15)16)5-14(13-6)4-2-3-9(10,11)12/h5H,2-4H2,1H3,(H,15,16). The van der Waals surface area contributed by atoms with Crippen molar-refractivity contribution in [1.29, 1.82) is 0 Å². The zero-order valence-corrected chi connectivity index (χ0v) is 8.58. The average Bonchev–Trinajstić information content (AvgIpc) is 2.44. The largest absolute Gasteiger partial charge is 0.478 e. The lowest BCUT2D eigenvalue weighted by molar-refractivity contribution is -0.136. The molecule has 0 atom stereocenters. The first kappa shape index (κ1) is 12.5. The molecule has 0 unspecified atom stereocenters. The summed E-state index contributed by atoms with van der Waals surface area (Å²) in [5.41, 5.74) is 0.325. The highest BCUT2D eigenvalue weighted by atomic mass is 19.4. The first-order chi connectivity index (χ1) is 7.29.